The van der Waals surface area contributed by atoms with Crippen molar-refractivity contribution in [1.29, 1.82) is 0 Å². The molecule has 1 aliphatic carbocycles. The summed E-state index contributed by atoms with van der Waals surface area (Å²) in [7, 11) is 0. The van der Waals surface area contributed by atoms with E-state index >= 15 is 0 Å². The Labute approximate surface area is 114 Å². The smallest absolute Gasteiger partial charge is 0.283 e. The summed E-state index contributed by atoms with van der Waals surface area (Å²) in [5, 5.41) is 16.6. The van der Waals surface area contributed by atoms with Gasteiger partial charge in [-0.05, 0) is 35.2 Å². The maximum Gasteiger partial charge on any atom is 0.283 e. The summed E-state index contributed by atoms with van der Waals surface area (Å²) in [4.78, 5) is 12.0. The van der Waals surface area contributed by atoms with Crippen LogP contribution >= 0.6 is 15.9 Å². The fourth-order valence-corrected chi connectivity index (χ4v) is 2.38. The minimum atomic E-state index is -0.209. The molecule has 1 saturated carbocycles. The number of hydrogen-bond donors (Lipinski definition) is 2. The van der Waals surface area contributed by atoms with Crippen LogP contribution in [0.1, 0.15) is 32.6 Å². The molecule has 1 aromatic heterocycles. The maximum atomic E-state index is 12.0. The van der Waals surface area contributed by atoms with Gasteiger partial charge in [-0.3, -0.25) is 4.79 Å². The SMILES string of the molecule is CCCCn1ncc(NC2CC(O)C2)c(Br)c1=O. The van der Waals surface area contributed by atoms with E-state index < -0.39 is 0 Å². The van der Waals surface area contributed by atoms with Gasteiger partial charge in [-0.25, -0.2) is 4.68 Å². The van der Waals surface area contributed by atoms with Gasteiger partial charge in [0.15, 0.2) is 0 Å². The first-order valence-corrected chi connectivity index (χ1v) is 7.11. The molecule has 0 unspecified atom stereocenters. The first kappa shape index (κ1) is 13.5. The van der Waals surface area contributed by atoms with E-state index in [1.165, 1.54) is 4.68 Å². The summed E-state index contributed by atoms with van der Waals surface area (Å²) >= 11 is 3.32. The van der Waals surface area contributed by atoms with Crippen LogP contribution in [0.15, 0.2) is 15.5 Å². The van der Waals surface area contributed by atoms with Gasteiger partial charge in [-0.2, -0.15) is 5.10 Å². The van der Waals surface area contributed by atoms with Crippen molar-refractivity contribution in [3.8, 4) is 0 Å². The fourth-order valence-electron chi connectivity index (χ4n) is 1.96. The molecular formula is C12H18BrN3O2. The van der Waals surface area contributed by atoms with Crippen LogP contribution in [0, 0.1) is 0 Å². The standard InChI is InChI=1S/C12H18BrN3O2/c1-2-3-4-16-12(18)11(13)10(7-14-16)15-8-5-9(17)6-8/h7-9,15,17H,2-6H2,1H3. The van der Waals surface area contributed by atoms with Gasteiger partial charge in [0.25, 0.3) is 5.56 Å². The molecule has 0 spiro atoms. The van der Waals surface area contributed by atoms with E-state index in [2.05, 4.69) is 33.3 Å². The highest BCUT2D eigenvalue weighted by Crippen LogP contribution is 2.26. The molecule has 1 fully saturated rings. The third kappa shape index (κ3) is 2.92. The number of halogens is 1. The molecule has 0 saturated heterocycles. The second-order valence-corrected chi connectivity index (χ2v) is 5.51. The number of aryl methyl sites for hydroxylation is 1. The number of unbranched alkanes of at least 4 members (excludes halogenated alkanes) is 1. The Morgan fingerprint density at radius 2 is 2.33 bits per heavy atom. The highest BCUT2D eigenvalue weighted by atomic mass is 79.9. The Kier molecular flexibility index (Phi) is 4.40. The van der Waals surface area contributed by atoms with Crippen molar-refractivity contribution in [1.82, 2.24) is 9.78 Å². The molecule has 1 aliphatic rings. The Hall–Kier alpha value is -0.880. The highest BCUT2D eigenvalue weighted by Gasteiger charge is 2.27. The second-order valence-electron chi connectivity index (χ2n) is 4.72. The van der Waals surface area contributed by atoms with E-state index in [1.54, 1.807) is 6.20 Å². The quantitative estimate of drug-likeness (QED) is 0.868. The minimum absolute atomic E-state index is 0.103. The van der Waals surface area contributed by atoms with Crippen molar-refractivity contribution in [3.63, 3.8) is 0 Å². The van der Waals surface area contributed by atoms with E-state index in [0.29, 0.717) is 16.7 Å². The van der Waals surface area contributed by atoms with Gasteiger partial charge in [0, 0.05) is 12.6 Å². The van der Waals surface area contributed by atoms with Crippen molar-refractivity contribution in [2.45, 2.75) is 51.3 Å². The van der Waals surface area contributed by atoms with Gasteiger partial charge in [-0.15, -0.1) is 0 Å². The molecule has 1 aromatic rings. The van der Waals surface area contributed by atoms with Gasteiger partial charge in [0.2, 0.25) is 0 Å². The molecule has 0 bridgehead atoms. The van der Waals surface area contributed by atoms with Gasteiger partial charge >= 0.3 is 0 Å². The fraction of sp³-hybridized carbons (Fsp3) is 0.667. The first-order chi connectivity index (χ1) is 8.61. The van der Waals surface area contributed by atoms with Crippen LogP contribution in [-0.4, -0.2) is 27.0 Å². The summed E-state index contributed by atoms with van der Waals surface area (Å²) in [6, 6.07) is 0.240. The molecule has 0 aliphatic heterocycles. The summed E-state index contributed by atoms with van der Waals surface area (Å²) in [6.07, 6.45) is 4.90. The van der Waals surface area contributed by atoms with Gasteiger partial charge in [0.05, 0.1) is 18.0 Å². The lowest BCUT2D eigenvalue weighted by atomic mass is 9.89. The van der Waals surface area contributed by atoms with Crippen LogP contribution in [0.5, 0.6) is 0 Å². The Morgan fingerprint density at radius 3 is 2.94 bits per heavy atom. The molecule has 5 nitrogen and oxygen atoms in total. The number of aliphatic hydroxyl groups is 1. The third-order valence-electron chi connectivity index (χ3n) is 3.18. The largest absolute Gasteiger partial charge is 0.393 e. The summed E-state index contributed by atoms with van der Waals surface area (Å²) in [5.41, 5.74) is 0.609. The maximum absolute atomic E-state index is 12.0. The molecule has 2 N–H and O–H groups in total. The van der Waals surface area contributed by atoms with E-state index in [-0.39, 0.29) is 17.7 Å². The van der Waals surface area contributed by atoms with Gasteiger partial charge in [-0.1, -0.05) is 13.3 Å². The van der Waals surface area contributed by atoms with Crippen molar-refractivity contribution in [2.24, 2.45) is 0 Å². The number of aliphatic hydroxyl groups excluding tert-OH is 1. The highest BCUT2D eigenvalue weighted by molar-refractivity contribution is 9.10. The van der Waals surface area contributed by atoms with E-state index in [9.17, 15) is 9.90 Å². The van der Waals surface area contributed by atoms with E-state index in [0.717, 1.165) is 25.7 Å². The number of aromatic nitrogens is 2. The summed E-state index contributed by atoms with van der Waals surface area (Å²) in [6.45, 7) is 2.73. The van der Waals surface area contributed by atoms with Crippen LogP contribution in [-0.2, 0) is 6.54 Å². The van der Waals surface area contributed by atoms with Crippen molar-refractivity contribution >= 4 is 21.6 Å². The lowest BCUT2D eigenvalue weighted by Gasteiger charge is -2.32. The molecule has 0 amide bonds. The van der Waals surface area contributed by atoms with Gasteiger partial charge < -0.3 is 10.4 Å². The summed E-state index contributed by atoms with van der Waals surface area (Å²) in [5.74, 6) is 0. The minimum Gasteiger partial charge on any atom is -0.393 e. The van der Waals surface area contributed by atoms with E-state index in [1.807, 2.05) is 0 Å². The molecule has 0 aromatic carbocycles. The van der Waals surface area contributed by atoms with Crippen LogP contribution in [0.25, 0.3) is 0 Å². The average Bonchev–Trinajstić information content (AvgIpc) is 2.32. The van der Waals surface area contributed by atoms with E-state index in [4.69, 9.17) is 0 Å². The molecule has 100 valence electrons. The Bertz CT molecular complexity index is 469. The zero-order chi connectivity index (χ0) is 13.1. The van der Waals surface area contributed by atoms with Crippen molar-refractivity contribution in [2.75, 3.05) is 5.32 Å². The Balaban J connectivity index is 2.08. The molecular weight excluding hydrogens is 298 g/mol. The van der Waals surface area contributed by atoms with Crippen LogP contribution in [0.4, 0.5) is 5.69 Å². The number of nitrogens with zero attached hydrogens (tertiary/aromatic N) is 2. The predicted octanol–water partition coefficient (Wildman–Crippen LogP) is 1.74. The van der Waals surface area contributed by atoms with Crippen LogP contribution in [0.3, 0.4) is 0 Å². The lowest BCUT2D eigenvalue weighted by Crippen LogP contribution is -2.39. The number of anilines is 1. The lowest BCUT2D eigenvalue weighted by molar-refractivity contribution is 0.0836. The number of rotatable bonds is 5. The van der Waals surface area contributed by atoms with Crippen molar-refractivity contribution in [3.05, 3.63) is 21.0 Å². The molecule has 6 heteroatoms. The van der Waals surface area contributed by atoms with Crippen molar-refractivity contribution < 1.29 is 5.11 Å². The molecule has 1 heterocycles. The number of nitrogens with one attached hydrogen (secondary N) is 1. The third-order valence-corrected chi connectivity index (χ3v) is 3.95. The topological polar surface area (TPSA) is 67.2 Å². The molecule has 0 atom stereocenters. The number of hydrogen-bond acceptors (Lipinski definition) is 4. The first-order valence-electron chi connectivity index (χ1n) is 6.32. The zero-order valence-corrected chi connectivity index (χ0v) is 12.0. The molecule has 0 radical (unpaired) electrons. The molecule has 18 heavy (non-hydrogen) atoms. The average molecular weight is 316 g/mol. The van der Waals surface area contributed by atoms with Crippen LogP contribution in [0.2, 0.25) is 0 Å². The normalized spacial score (nSPS) is 22.6. The second kappa shape index (κ2) is 5.84. The monoisotopic (exact) mass is 315 g/mol. The zero-order valence-electron chi connectivity index (χ0n) is 10.4. The van der Waals surface area contributed by atoms with Gasteiger partial charge in [0.1, 0.15) is 4.47 Å². The summed E-state index contributed by atoms with van der Waals surface area (Å²) < 4.78 is 2.00. The Morgan fingerprint density at radius 1 is 1.61 bits per heavy atom. The predicted molar refractivity (Wildman–Crippen MR) is 73.8 cm³/mol. The molecule has 2 rings (SSSR count). The van der Waals surface area contributed by atoms with Crippen LogP contribution < -0.4 is 10.9 Å².